The maximum absolute atomic E-state index is 14.1. The maximum atomic E-state index is 14.1. The van der Waals surface area contributed by atoms with Gasteiger partial charge in [-0.1, -0.05) is 13.8 Å². The fraction of sp³-hybridized carbons (Fsp3) is 0.583. The highest BCUT2D eigenvalue weighted by Gasteiger charge is 2.43. The van der Waals surface area contributed by atoms with Crippen LogP contribution in [0.1, 0.15) is 88.3 Å². The van der Waals surface area contributed by atoms with Crippen LogP contribution in [-0.4, -0.2) is 61.8 Å². The smallest absolute Gasteiger partial charge is 0.416 e. The molecule has 5 rings (SSSR count). The number of carbonyl (C=O) groups is 2. The molecule has 0 radical (unpaired) electrons. The number of halogens is 6. The minimum atomic E-state index is -4.99. The van der Waals surface area contributed by atoms with E-state index >= 15 is 0 Å². The third-order valence-electron chi connectivity index (χ3n) is 10.3. The molecule has 0 N–H and O–H groups in total. The van der Waals surface area contributed by atoms with Gasteiger partial charge in [-0.05, 0) is 81.0 Å². The lowest BCUT2D eigenvalue weighted by Gasteiger charge is -2.49. The summed E-state index contributed by atoms with van der Waals surface area (Å²) in [6.07, 6.45) is 1.73. The molecule has 0 bridgehead atoms. The second kappa shape index (κ2) is 15.6. The molecule has 0 spiro atoms. The van der Waals surface area contributed by atoms with Crippen molar-refractivity contribution in [3.63, 3.8) is 0 Å². The van der Waals surface area contributed by atoms with Gasteiger partial charge in [0.25, 0.3) is 0 Å². The minimum Gasteiger partial charge on any atom is -0.469 e. The van der Waals surface area contributed by atoms with Crippen LogP contribution in [0, 0.1) is 11.8 Å². The zero-order valence-corrected chi connectivity index (χ0v) is 29.2. The Morgan fingerprint density at radius 3 is 1.90 bits per heavy atom. The van der Waals surface area contributed by atoms with Gasteiger partial charge in [0, 0.05) is 73.8 Å². The largest absolute Gasteiger partial charge is 0.469 e. The van der Waals surface area contributed by atoms with Gasteiger partial charge in [0.15, 0.2) is 0 Å². The zero-order valence-electron chi connectivity index (χ0n) is 29.2. The predicted octanol–water partition coefficient (Wildman–Crippen LogP) is 7.84. The Kier molecular flexibility index (Phi) is 11.6. The number of likely N-dealkylation sites (tertiary alicyclic amines) is 1. The van der Waals surface area contributed by atoms with E-state index in [0.29, 0.717) is 50.5 Å². The molecule has 51 heavy (non-hydrogen) atoms. The lowest BCUT2D eigenvalue weighted by molar-refractivity contribution is -0.146. The normalized spacial score (nSPS) is 22.9. The first kappa shape index (κ1) is 38.1. The summed E-state index contributed by atoms with van der Waals surface area (Å²) in [7, 11) is 3.12. The van der Waals surface area contributed by atoms with Crippen LogP contribution in [0.25, 0.3) is 11.1 Å². The first-order chi connectivity index (χ1) is 24.1. The molecule has 0 unspecified atom stereocenters. The number of aromatic nitrogens is 4. The molecule has 278 valence electrons. The number of esters is 1. The Balaban J connectivity index is 1.46. The average molecular weight is 723 g/mol. The Morgan fingerprint density at radius 1 is 0.863 bits per heavy atom. The van der Waals surface area contributed by atoms with Crippen LogP contribution in [0.3, 0.4) is 0 Å². The number of piperidine rings is 1. The SMILES string of the molecule is CC[C@@H]1C[C@H](N(Cc2cc(C(F)(F)F)cc(C(F)(F)F)c2)c2ncc(-c3cnn(C)c3)cn2)C[C@H](CC)N1C(=O)[C@H]1CC[C@H](CC(=O)OC)CC1. The molecule has 1 aromatic carbocycles. The number of amides is 1. The minimum absolute atomic E-state index is 0.0555. The number of aryl methyl sites for hydroxylation is 1. The van der Waals surface area contributed by atoms with Gasteiger partial charge in [-0.25, -0.2) is 9.97 Å². The molecular formula is C36H44F6N6O3. The Bertz CT molecular complexity index is 1610. The summed E-state index contributed by atoms with van der Waals surface area (Å²) in [5.74, 6) is -0.0668. The first-order valence-corrected chi connectivity index (χ1v) is 17.4. The van der Waals surface area contributed by atoms with Crippen molar-refractivity contribution in [1.29, 1.82) is 0 Å². The van der Waals surface area contributed by atoms with Crippen LogP contribution in [0.4, 0.5) is 32.3 Å². The van der Waals surface area contributed by atoms with Crippen LogP contribution < -0.4 is 4.90 Å². The van der Waals surface area contributed by atoms with Crippen molar-refractivity contribution in [1.82, 2.24) is 24.6 Å². The van der Waals surface area contributed by atoms with Gasteiger partial charge in [0.1, 0.15) is 0 Å². The van der Waals surface area contributed by atoms with Crippen LogP contribution in [0.2, 0.25) is 0 Å². The Hall–Kier alpha value is -4.17. The fourth-order valence-corrected chi connectivity index (χ4v) is 7.59. The second-order valence-corrected chi connectivity index (χ2v) is 13.7. The van der Waals surface area contributed by atoms with E-state index in [1.165, 1.54) is 7.11 Å². The van der Waals surface area contributed by atoms with Gasteiger partial charge in [-0.15, -0.1) is 0 Å². The van der Waals surface area contributed by atoms with E-state index in [0.717, 1.165) is 30.5 Å². The summed E-state index contributed by atoms with van der Waals surface area (Å²) in [6, 6.07) is 0.775. The molecule has 2 fully saturated rings. The number of carbonyl (C=O) groups excluding carboxylic acids is 2. The molecule has 2 aliphatic rings. The number of nitrogens with zero attached hydrogens (tertiary/aromatic N) is 6. The highest BCUT2D eigenvalue weighted by atomic mass is 19.4. The fourth-order valence-electron chi connectivity index (χ4n) is 7.59. The van der Waals surface area contributed by atoms with Gasteiger partial charge in [-0.3, -0.25) is 14.3 Å². The van der Waals surface area contributed by atoms with Crippen molar-refractivity contribution >= 4 is 17.8 Å². The van der Waals surface area contributed by atoms with Crippen molar-refractivity contribution in [3.8, 4) is 11.1 Å². The molecule has 2 aromatic heterocycles. The number of rotatable bonds is 10. The molecule has 1 saturated heterocycles. The number of anilines is 1. The van der Waals surface area contributed by atoms with Crippen LogP contribution in [-0.2, 0) is 40.3 Å². The number of hydrogen-bond acceptors (Lipinski definition) is 7. The molecule has 1 aliphatic heterocycles. The summed E-state index contributed by atoms with van der Waals surface area (Å²) in [4.78, 5) is 38.7. The Labute approximate surface area is 293 Å². The van der Waals surface area contributed by atoms with Crippen molar-refractivity contribution in [2.45, 2.75) is 109 Å². The van der Waals surface area contributed by atoms with E-state index in [4.69, 9.17) is 4.74 Å². The van der Waals surface area contributed by atoms with Crippen LogP contribution in [0.5, 0.6) is 0 Å². The van der Waals surface area contributed by atoms with Crippen molar-refractivity contribution in [2.75, 3.05) is 12.0 Å². The topological polar surface area (TPSA) is 93.5 Å². The summed E-state index contributed by atoms with van der Waals surface area (Å²) < 4.78 is 89.5. The van der Waals surface area contributed by atoms with E-state index in [9.17, 15) is 35.9 Å². The average Bonchev–Trinajstić information content (AvgIpc) is 3.55. The monoisotopic (exact) mass is 722 g/mol. The highest BCUT2D eigenvalue weighted by Crippen LogP contribution is 2.40. The third kappa shape index (κ3) is 9.01. The maximum Gasteiger partial charge on any atom is 0.416 e. The molecule has 3 atom stereocenters. The Morgan fingerprint density at radius 2 is 1.43 bits per heavy atom. The summed E-state index contributed by atoms with van der Waals surface area (Å²) in [5, 5.41) is 4.16. The second-order valence-electron chi connectivity index (χ2n) is 13.7. The molecule has 1 aliphatic carbocycles. The number of alkyl halides is 6. The van der Waals surface area contributed by atoms with Crippen molar-refractivity contribution in [2.24, 2.45) is 18.9 Å². The molecule has 1 amide bonds. The van der Waals surface area contributed by atoms with Crippen molar-refractivity contribution in [3.05, 3.63) is 59.7 Å². The van der Waals surface area contributed by atoms with E-state index in [-0.39, 0.29) is 59.9 Å². The number of benzene rings is 1. The summed E-state index contributed by atoms with van der Waals surface area (Å²) >= 11 is 0. The zero-order chi connectivity index (χ0) is 37.1. The molecule has 1 saturated carbocycles. The summed E-state index contributed by atoms with van der Waals surface area (Å²) in [5.41, 5.74) is -1.57. The van der Waals surface area contributed by atoms with Crippen molar-refractivity contribution < 1.29 is 40.7 Å². The molecular weight excluding hydrogens is 678 g/mol. The molecule has 3 aromatic rings. The van der Waals surface area contributed by atoms with E-state index in [1.54, 1.807) is 41.4 Å². The lowest BCUT2D eigenvalue weighted by atomic mass is 9.78. The molecule has 9 nitrogen and oxygen atoms in total. The number of hydrogen-bond donors (Lipinski definition) is 0. The predicted molar refractivity (Wildman–Crippen MR) is 177 cm³/mol. The molecule has 3 heterocycles. The highest BCUT2D eigenvalue weighted by molar-refractivity contribution is 5.80. The van der Waals surface area contributed by atoms with E-state index < -0.39 is 29.5 Å². The quantitative estimate of drug-likeness (QED) is 0.156. The third-order valence-corrected chi connectivity index (χ3v) is 10.3. The van der Waals surface area contributed by atoms with Crippen LogP contribution in [0.15, 0.2) is 43.0 Å². The number of methoxy groups -OCH3 is 1. The van der Waals surface area contributed by atoms with Crippen LogP contribution >= 0.6 is 0 Å². The van der Waals surface area contributed by atoms with E-state index in [2.05, 4.69) is 15.1 Å². The van der Waals surface area contributed by atoms with Gasteiger partial charge in [-0.2, -0.15) is 31.4 Å². The van der Waals surface area contributed by atoms with E-state index in [1.807, 2.05) is 18.7 Å². The number of ether oxygens (including phenoxy) is 1. The molecule has 15 heteroatoms. The first-order valence-electron chi connectivity index (χ1n) is 17.4. The van der Waals surface area contributed by atoms with Gasteiger partial charge < -0.3 is 14.5 Å². The summed E-state index contributed by atoms with van der Waals surface area (Å²) in [6.45, 7) is 3.63. The standard InChI is InChI=1S/C36H44F6N6O3/c1-5-29-15-31(16-30(6-2)48(29)33(50)24-9-7-22(8-10-24)13-32(49)51-4)47(34-43-17-25(18-44-34)26-19-45-46(3)21-26)20-23-11-27(35(37,38)39)14-28(12-23)36(40,41)42/h11-12,14,17-19,21-22,24,29-31H,5-10,13,15-16,20H2,1-4H3/t22-,24-,29-,30+,31+. The lowest BCUT2D eigenvalue weighted by Crippen LogP contribution is -2.58. The van der Waals surface area contributed by atoms with Gasteiger partial charge in [0.2, 0.25) is 11.9 Å². The van der Waals surface area contributed by atoms with Gasteiger partial charge >= 0.3 is 18.3 Å². The van der Waals surface area contributed by atoms with Gasteiger partial charge in [0.05, 0.1) is 24.4 Å².